The summed E-state index contributed by atoms with van der Waals surface area (Å²) in [5.41, 5.74) is 1.40. The Morgan fingerprint density at radius 1 is 0.645 bits per heavy atom. The Hall–Kier alpha value is -3.22. The molecule has 0 fully saturated rings. The zero-order valence-corrected chi connectivity index (χ0v) is 18.5. The quantitative estimate of drug-likeness (QED) is 0.309. The number of unbranched alkanes of at least 4 members (excludes halogenated alkanes) is 4. The van der Waals surface area contributed by atoms with E-state index in [0.29, 0.717) is 36.0 Å². The lowest BCUT2D eigenvalue weighted by atomic mass is 10.2. The molecule has 7 nitrogen and oxygen atoms in total. The average Bonchev–Trinajstić information content (AvgIpc) is 2.77. The third-order valence-electron chi connectivity index (χ3n) is 4.59. The lowest BCUT2D eigenvalue weighted by molar-refractivity contribution is 0.251. The van der Waals surface area contributed by atoms with Crippen LogP contribution in [0.5, 0.6) is 11.5 Å². The van der Waals surface area contributed by atoms with Crippen molar-refractivity contribution in [3.05, 3.63) is 48.5 Å². The van der Waals surface area contributed by atoms with E-state index < -0.39 is 0 Å². The van der Waals surface area contributed by atoms with Gasteiger partial charge >= 0.3 is 12.1 Å². The van der Waals surface area contributed by atoms with Gasteiger partial charge in [-0.15, -0.1) is 0 Å². The Balaban J connectivity index is 1.76. The molecule has 0 aliphatic rings. The first-order valence-electron chi connectivity index (χ1n) is 11.1. The van der Waals surface area contributed by atoms with Crippen LogP contribution >= 0.6 is 0 Å². The second-order valence-corrected chi connectivity index (χ2v) is 7.33. The van der Waals surface area contributed by atoms with E-state index in [1.54, 1.807) is 48.5 Å². The van der Waals surface area contributed by atoms with Crippen LogP contribution in [-0.4, -0.2) is 25.2 Å². The molecule has 0 spiro atoms. The number of rotatable bonds is 12. The van der Waals surface area contributed by atoms with Gasteiger partial charge in [0.15, 0.2) is 0 Å². The van der Waals surface area contributed by atoms with Crippen molar-refractivity contribution in [2.75, 3.05) is 23.7 Å². The molecule has 2 aromatic carbocycles. The third-order valence-corrected chi connectivity index (χ3v) is 4.59. The molecule has 0 aliphatic carbocycles. The van der Waals surface area contributed by atoms with Crippen molar-refractivity contribution in [2.24, 2.45) is 0 Å². The van der Waals surface area contributed by atoms with Crippen LogP contribution in [0.3, 0.4) is 0 Å². The van der Waals surface area contributed by atoms with Crippen molar-refractivity contribution in [3.8, 4) is 11.5 Å². The van der Waals surface area contributed by atoms with Gasteiger partial charge in [0.05, 0.1) is 0 Å². The normalized spacial score (nSPS) is 10.3. The highest BCUT2D eigenvalue weighted by molar-refractivity contribution is 5.89. The van der Waals surface area contributed by atoms with Crippen molar-refractivity contribution in [3.63, 3.8) is 0 Å². The predicted octanol–water partition coefficient (Wildman–Crippen LogP) is 6.10. The number of carbonyl (C=O) groups excluding carboxylic acids is 2. The number of anilines is 2. The number of hydrogen-bond acceptors (Lipinski definition) is 3. The van der Waals surface area contributed by atoms with E-state index in [4.69, 9.17) is 4.74 Å². The first kappa shape index (κ1) is 24.1. The van der Waals surface area contributed by atoms with Gasteiger partial charge in [-0.25, -0.2) is 9.59 Å². The van der Waals surface area contributed by atoms with Crippen LogP contribution in [0.4, 0.5) is 21.0 Å². The summed E-state index contributed by atoms with van der Waals surface area (Å²) in [6.45, 7) is 5.60. The molecule has 0 radical (unpaired) electrons. The summed E-state index contributed by atoms with van der Waals surface area (Å²) >= 11 is 0. The largest absolute Gasteiger partial charge is 0.457 e. The Kier molecular flexibility index (Phi) is 10.8. The van der Waals surface area contributed by atoms with Gasteiger partial charge in [0.1, 0.15) is 11.5 Å². The van der Waals surface area contributed by atoms with E-state index in [2.05, 4.69) is 35.1 Å². The summed E-state index contributed by atoms with van der Waals surface area (Å²) in [5.74, 6) is 1.31. The van der Waals surface area contributed by atoms with Crippen LogP contribution in [0.2, 0.25) is 0 Å². The molecule has 0 atom stereocenters. The van der Waals surface area contributed by atoms with Crippen LogP contribution in [-0.2, 0) is 0 Å². The highest BCUT2D eigenvalue weighted by atomic mass is 16.5. The molecule has 0 unspecified atom stereocenters. The first-order valence-corrected chi connectivity index (χ1v) is 11.1. The standard InChI is InChI=1S/C24H34N4O3/c1-3-5-7-17-25-23(29)27-19-9-13-21(14-10-19)31-22-15-11-20(12-16-22)28-24(30)26-18-8-6-4-2/h9-16H,3-8,17-18H2,1-2H3,(H2,25,27,29)(H2,26,28,30). The number of ether oxygens (including phenoxy) is 1. The number of carbonyl (C=O) groups is 2. The summed E-state index contributed by atoms with van der Waals surface area (Å²) in [6, 6.07) is 13.9. The number of hydrogen-bond donors (Lipinski definition) is 4. The number of nitrogens with one attached hydrogen (secondary N) is 4. The fourth-order valence-corrected chi connectivity index (χ4v) is 2.85. The SMILES string of the molecule is CCCCCNC(=O)Nc1ccc(Oc2ccc(NC(=O)NCCCCC)cc2)cc1. The Morgan fingerprint density at radius 2 is 1.03 bits per heavy atom. The van der Waals surface area contributed by atoms with E-state index in [9.17, 15) is 9.59 Å². The Bertz CT molecular complexity index is 724. The molecule has 0 aromatic heterocycles. The van der Waals surface area contributed by atoms with Crippen LogP contribution < -0.4 is 26.0 Å². The Labute approximate surface area is 185 Å². The fourth-order valence-electron chi connectivity index (χ4n) is 2.85. The lowest BCUT2D eigenvalue weighted by Crippen LogP contribution is -2.29. The van der Waals surface area contributed by atoms with Gasteiger partial charge in [0.25, 0.3) is 0 Å². The van der Waals surface area contributed by atoms with E-state index in [1.807, 2.05) is 0 Å². The van der Waals surface area contributed by atoms with Gasteiger partial charge in [-0.1, -0.05) is 39.5 Å². The van der Waals surface area contributed by atoms with Crippen LogP contribution in [0.15, 0.2) is 48.5 Å². The molecule has 7 heteroatoms. The van der Waals surface area contributed by atoms with Crippen LogP contribution in [0.25, 0.3) is 0 Å². The van der Waals surface area contributed by atoms with E-state index in [1.165, 1.54) is 0 Å². The molecule has 31 heavy (non-hydrogen) atoms. The first-order chi connectivity index (χ1) is 15.1. The summed E-state index contributed by atoms with van der Waals surface area (Å²) in [7, 11) is 0. The number of urea groups is 2. The van der Waals surface area contributed by atoms with Crippen molar-refractivity contribution in [1.29, 1.82) is 0 Å². The minimum atomic E-state index is -0.206. The monoisotopic (exact) mass is 426 g/mol. The van der Waals surface area contributed by atoms with Gasteiger partial charge in [0.2, 0.25) is 0 Å². The zero-order valence-electron chi connectivity index (χ0n) is 18.5. The van der Waals surface area contributed by atoms with Crippen molar-refractivity contribution in [2.45, 2.75) is 52.4 Å². The van der Waals surface area contributed by atoms with Gasteiger partial charge < -0.3 is 26.0 Å². The molecular weight excluding hydrogens is 392 g/mol. The van der Waals surface area contributed by atoms with Gasteiger partial charge in [-0.3, -0.25) is 0 Å². The second-order valence-electron chi connectivity index (χ2n) is 7.33. The van der Waals surface area contributed by atoms with Crippen molar-refractivity contribution >= 4 is 23.4 Å². The van der Waals surface area contributed by atoms with Crippen molar-refractivity contribution in [1.82, 2.24) is 10.6 Å². The molecule has 4 amide bonds. The fraction of sp³-hybridized carbons (Fsp3) is 0.417. The maximum Gasteiger partial charge on any atom is 0.319 e. The molecule has 0 heterocycles. The highest BCUT2D eigenvalue weighted by Crippen LogP contribution is 2.24. The molecule has 168 valence electrons. The minimum absolute atomic E-state index is 0.206. The minimum Gasteiger partial charge on any atom is -0.457 e. The predicted molar refractivity (Wildman–Crippen MR) is 126 cm³/mol. The summed E-state index contributed by atoms with van der Waals surface area (Å²) in [4.78, 5) is 23.7. The summed E-state index contributed by atoms with van der Waals surface area (Å²) < 4.78 is 5.83. The molecule has 4 N–H and O–H groups in total. The van der Waals surface area contributed by atoms with Gasteiger partial charge in [-0.05, 0) is 61.4 Å². The summed E-state index contributed by atoms with van der Waals surface area (Å²) in [6.07, 6.45) is 6.42. The van der Waals surface area contributed by atoms with E-state index in [-0.39, 0.29) is 12.1 Å². The molecule has 0 saturated heterocycles. The maximum atomic E-state index is 11.9. The lowest BCUT2D eigenvalue weighted by Gasteiger charge is -2.10. The Morgan fingerprint density at radius 3 is 1.39 bits per heavy atom. The van der Waals surface area contributed by atoms with E-state index >= 15 is 0 Å². The van der Waals surface area contributed by atoms with Gasteiger partial charge in [-0.2, -0.15) is 0 Å². The highest BCUT2D eigenvalue weighted by Gasteiger charge is 2.04. The third kappa shape index (κ3) is 9.89. The molecule has 2 aromatic rings. The van der Waals surface area contributed by atoms with Crippen LogP contribution in [0.1, 0.15) is 52.4 Å². The van der Waals surface area contributed by atoms with Gasteiger partial charge in [0, 0.05) is 24.5 Å². The topological polar surface area (TPSA) is 91.5 Å². The van der Waals surface area contributed by atoms with E-state index in [0.717, 1.165) is 38.5 Å². The number of amides is 4. The molecule has 2 rings (SSSR count). The molecular formula is C24H34N4O3. The number of benzene rings is 2. The molecule has 0 bridgehead atoms. The van der Waals surface area contributed by atoms with Crippen LogP contribution in [0, 0.1) is 0 Å². The maximum absolute atomic E-state index is 11.9. The average molecular weight is 427 g/mol. The summed E-state index contributed by atoms with van der Waals surface area (Å²) in [5, 5.41) is 11.3. The van der Waals surface area contributed by atoms with Crippen molar-refractivity contribution < 1.29 is 14.3 Å². The zero-order chi connectivity index (χ0) is 22.3. The second kappa shape index (κ2) is 13.9. The molecule has 0 aliphatic heterocycles. The molecule has 0 saturated carbocycles. The smallest absolute Gasteiger partial charge is 0.319 e.